The zero-order valence-corrected chi connectivity index (χ0v) is 9.69. The number of hydrogen-bond donors (Lipinski definition) is 2. The highest BCUT2D eigenvalue weighted by atomic mass is 16.4. The Balaban J connectivity index is 3.13. The molecular formula is C13H16O3. The van der Waals surface area contributed by atoms with E-state index >= 15 is 0 Å². The van der Waals surface area contributed by atoms with E-state index in [1.54, 1.807) is 18.2 Å². The predicted octanol–water partition coefficient (Wildman–Crippen LogP) is 2.79. The molecule has 0 saturated carbocycles. The van der Waals surface area contributed by atoms with E-state index in [-0.39, 0.29) is 11.2 Å². The van der Waals surface area contributed by atoms with Crippen LogP contribution >= 0.6 is 0 Å². The lowest BCUT2D eigenvalue weighted by molar-refractivity contribution is -0.131. The first-order chi connectivity index (χ1) is 7.30. The number of aliphatic carboxylic acids is 1. The van der Waals surface area contributed by atoms with Crippen molar-refractivity contribution in [3.05, 3.63) is 35.4 Å². The van der Waals surface area contributed by atoms with Crippen molar-refractivity contribution in [3.63, 3.8) is 0 Å². The van der Waals surface area contributed by atoms with Gasteiger partial charge < -0.3 is 10.2 Å². The van der Waals surface area contributed by atoms with Crippen molar-refractivity contribution in [1.82, 2.24) is 0 Å². The summed E-state index contributed by atoms with van der Waals surface area (Å²) in [5, 5.41) is 18.2. The van der Waals surface area contributed by atoms with Crippen LogP contribution in [0, 0.1) is 0 Å². The molecule has 0 radical (unpaired) electrons. The maximum absolute atomic E-state index is 10.4. The van der Waals surface area contributed by atoms with E-state index in [1.165, 1.54) is 6.08 Å². The van der Waals surface area contributed by atoms with E-state index in [4.69, 9.17) is 5.11 Å². The number of hydrogen-bond acceptors (Lipinski definition) is 2. The molecule has 1 aromatic rings. The smallest absolute Gasteiger partial charge is 0.328 e. The molecule has 0 fully saturated rings. The minimum Gasteiger partial charge on any atom is -0.508 e. The van der Waals surface area contributed by atoms with Crippen LogP contribution in [-0.4, -0.2) is 16.2 Å². The van der Waals surface area contributed by atoms with Gasteiger partial charge in [-0.15, -0.1) is 0 Å². The van der Waals surface area contributed by atoms with Gasteiger partial charge in [0.2, 0.25) is 0 Å². The molecule has 3 heteroatoms. The summed E-state index contributed by atoms with van der Waals surface area (Å²) >= 11 is 0. The fourth-order valence-corrected chi connectivity index (χ4v) is 1.43. The van der Waals surface area contributed by atoms with Crippen molar-refractivity contribution < 1.29 is 15.0 Å². The average molecular weight is 220 g/mol. The predicted molar refractivity (Wildman–Crippen MR) is 63.5 cm³/mol. The molecular weight excluding hydrogens is 204 g/mol. The third-order valence-electron chi connectivity index (χ3n) is 2.25. The van der Waals surface area contributed by atoms with Gasteiger partial charge in [0.25, 0.3) is 0 Å². The van der Waals surface area contributed by atoms with Crippen LogP contribution in [0.25, 0.3) is 6.08 Å². The summed E-state index contributed by atoms with van der Waals surface area (Å²) in [7, 11) is 0. The van der Waals surface area contributed by atoms with Crippen molar-refractivity contribution >= 4 is 12.0 Å². The van der Waals surface area contributed by atoms with E-state index < -0.39 is 5.97 Å². The quantitative estimate of drug-likeness (QED) is 0.753. The number of benzene rings is 1. The summed E-state index contributed by atoms with van der Waals surface area (Å²) in [5.41, 5.74) is 1.40. The lowest BCUT2D eigenvalue weighted by atomic mass is 9.85. The Morgan fingerprint density at radius 1 is 1.31 bits per heavy atom. The molecule has 1 rings (SSSR count). The van der Waals surface area contributed by atoms with Gasteiger partial charge in [0.15, 0.2) is 0 Å². The van der Waals surface area contributed by atoms with Crippen LogP contribution in [0.4, 0.5) is 0 Å². The number of rotatable bonds is 2. The van der Waals surface area contributed by atoms with Crippen LogP contribution in [0.3, 0.4) is 0 Å². The van der Waals surface area contributed by atoms with E-state index in [9.17, 15) is 9.90 Å². The highest BCUT2D eigenvalue weighted by Gasteiger charge is 2.17. The first-order valence-electron chi connectivity index (χ1n) is 5.05. The van der Waals surface area contributed by atoms with Crippen molar-refractivity contribution in [2.45, 2.75) is 26.2 Å². The minimum atomic E-state index is -0.981. The van der Waals surface area contributed by atoms with Crippen LogP contribution < -0.4 is 0 Å². The fourth-order valence-electron chi connectivity index (χ4n) is 1.43. The van der Waals surface area contributed by atoms with Crippen LogP contribution in [0.15, 0.2) is 24.3 Å². The Morgan fingerprint density at radius 3 is 2.44 bits per heavy atom. The summed E-state index contributed by atoms with van der Waals surface area (Å²) in [6.07, 6.45) is 2.59. The Labute approximate surface area is 95.0 Å². The molecule has 16 heavy (non-hydrogen) atoms. The molecule has 0 bridgehead atoms. The molecule has 2 N–H and O–H groups in total. The molecule has 0 heterocycles. The first kappa shape index (κ1) is 12.3. The summed E-state index contributed by atoms with van der Waals surface area (Å²) < 4.78 is 0. The molecule has 0 amide bonds. The van der Waals surface area contributed by atoms with Crippen LogP contribution in [0.2, 0.25) is 0 Å². The topological polar surface area (TPSA) is 57.5 Å². The molecule has 0 atom stereocenters. The maximum atomic E-state index is 10.4. The normalized spacial score (nSPS) is 11.9. The molecule has 0 aliphatic rings. The van der Waals surface area contributed by atoms with Crippen LogP contribution in [-0.2, 0) is 10.2 Å². The number of carboxylic acid groups (broad SMARTS) is 1. The summed E-state index contributed by atoms with van der Waals surface area (Å²) in [4.78, 5) is 10.4. The van der Waals surface area contributed by atoms with Gasteiger partial charge in [-0.05, 0) is 34.8 Å². The van der Waals surface area contributed by atoms with Crippen molar-refractivity contribution in [2.24, 2.45) is 0 Å². The molecule has 0 aromatic heterocycles. The zero-order chi connectivity index (χ0) is 12.3. The monoisotopic (exact) mass is 220 g/mol. The second-order valence-electron chi connectivity index (χ2n) is 4.70. The van der Waals surface area contributed by atoms with E-state index in [0.717, 1.165) is 17.2 Å². The molecule has 0 unspecified atom stereocenters. The van der Waals surface area contributed by atoms with E-state index in [2.05, 4.69) is 0 Å². The molecule has 0 aliphatic heterocycles. The average Bonchev–Trinajstić information content (AvgIpc) is 2.14. The summed E-state index contributed by atoms with van der Waals surface area (Å²) in [5.74, 6) is -0.745. The Bertz CT molecular complexity index is 425. The van der Waals surface area contributed by atoms with Gasteiger partial charge in [0.05, 0.1) is 0 Å². The largest absolute Gasteiger partial charge is 0.508 e. The Kier molecular flexibility index (Phi) is 3.38. The Morgan fingerprint density at radius 2 is 1.94 bits per heavy atom. The van der Waals surface area contributed by atoms with Gasteiger partial charge in [-0.2, -0.15) is 0 Å². The SMILES string of the molecule is CC(C)(C)c1cc(C=CC(=O)O)ccc1O. The lowest BCUT2D eigenvalue weighted by Gasteiger charge is -2.20. The molecule has 0 spiro atoms. The number of carbonyl (C=O) groups is 1. The lowest BCUT2D eigenvalue weighted by Crippen LogP contribution is -2.11. The minimum absolute atomic E-state index is 0.169. The van der Waals surface area contributed by atoms with Crippen LogP contribution in [0.5, 0.6) is 5.75 Å². The highest BCUT2D eigenvalue weighted by molar-refractivity contribution is 5.85. The third-order valence-corrected chi connectivity index (χ3v) is 2.25. The fraction of sp³-hybridized carbons (Fsp3) is 0.308. The van der Waals surface area contributed by atoms with Gasteiger partial charge in [-0.3, -0.25) is 0 Å². The standard InChI is InChI=1S/C13H16O3/c1-13(2,3)10-8-9(4-6-11(10)14)5-7-12(15)16/h4-8,14H,1-3H3,(H,15,16). The van der Waals surface area contributed by atoms with Crippen molar-refractivity contribution in [1.29, 1.82) is 0 Å². The molecule has 0 saturated heterocycles. The van der Waals surface area contributed by atoms with Gasteiger partial charge in [0.1, 0.15) is 5.75 Å². The van der Waals surface area contributed by atoms with E-state index in [0.29, 0.717) is 0 Å². The maximum Gasteiger partial charge on any atom is 0.328 e. The Hall–Kier alpha value is -1.77. The second kappa shape index (κ2) is 4.39. The van der Waals surface area contributed by atoms with Crippen molar-refractivity contribution in [3.8, 4) is 5.75 Å². The molecule has 1 aromatic carbocycles. The van der Waals surface area contributed by atoms with Gasteiger partial charge in [-0.25, -0.2) is 4.79 Å². The summed E-state index contributed by atoms with van der Waals surface area (Å²) in [6.45, 7) is 5.98. The molecule has 86 valence electrons. The van der Waals surface area contributed by atoms with Gasteiger partial charge >= 0.3 is 5.97 Å². The number of carboxylic acids is 1. The van der Waals surface area contributed by atoms with Gasteiger partial charge in [-0.1, -0.05) is 26.8 Å². The van der Waals surface area contributed by atoms with Gasteiger partial charge in [0, 0.05) is 6.08 Å². The second-order valence-corrected chi connectivity index (χ2v) is 4.70. The zero-order valence-electron chi connectivity index (χ0n) is 9.69. The van der Waals surface area contributed by atoms with Crippen LogP contribution in [0.1, 0.15) is 31.9 Å². The number of phenols is 1. The molecule has 3 nitrogen and oxygen atoms in total. The van der Waals surface area contributed by atoms with Crippen molar-refractivity contribution in [2.75, 3.05) is 0 Å². The number of phenolic OH excluding ortho intramolecular Hbond substituents is 1. The van der Waals surface area contributed by atoms with E-state index in [1.807, 2.05) is 20.8 Å². The third kappa shape index (κ3) is 3.12. The molecule has 0 aliphatic carbocycles. The summed E-state index contributed by atoms with van der Waals surface area (Å²) in [6, 6.07) is 5.07. The number of aromatic hydroxyl groups is 1. The first-order valence-corrected chi connectivity index (χ1v) is 5.05. The highest BCUT2D eigenvalue weighted by Crippen LogP contribution is 2.31.